The lowest BCUT2D eigenvalue weighted by molar-refractivity contribution is -0.115. The van der Waals surface area contributed by atoms with Crippen LogP contribution in [0, 0.1) is 13.8 Å². The first-order chi connectivity index (χ1) is 13.0. The number of aryl methyl sites for hydroxylation is 1. The quantitative estimate of drug-likeness (QED) is 0.568. The van der Waals surface area contributed by atoms with Gasteiger partial charge in [0.25, 0.3) is 5.56 Å². The number of nitrogens with one attached hydrogen (secondary N) is 2. The van der Waals surface area contributed by atoms with Crippen LogP contribution < -0.4 is 10.9 Å². The number of hydrogen-bond donors (Lipinski definition) is 2. The Morgan fingerprint density at radius 2 is 1.70 bits per heavy atom. The van der Waals surface area contributed by atoms with Crippen LogP contribution in [0.3, 0.4) is 0 Å². The van der Waals surface area contributed by atoms with E-state index in [4.69, 9.17) is 0 Å². The standard InChI is InChI=1S/C23H20N2O2/c1-14-15(2)23(27)25-21-13-18(10-11-19(14)21)24-22(26)12-17-8-5-7-16-6-3-4-9-20(16)17/h3-11,13H,12H2,1-2H3,(H,24,26)(H,25,27). The van der Waals surface area contributed by atoms with Gasteiger partial charge in [-0.15, -0.1) is 0 Å². The fraction of sp³-hybridized carbons (Fsp3) is 0.130. The molecule has 27 heavy (non-hydrogen) atoms. The number of fused-ring (bicyclic) bond motifs is 2. The molecule has 0 saturated heterocycles. The van der Waals surface area contributed by atoms with Gasteiger partial charge in [-0.25, -0.2) is 0 Å². The van der Waals surface area contributed by atoms with Gasteiger partial charge >= 0.3 is 0 Å². The van der Waals surface area contributed by atoms with Gasteiger partial charge in [0.2, 0.25) is 5.91 Å². The number of anilines is 1. The van der Waals surface area contributed by atoms with Crippen molar-refractivity contribution in [3.8, 4) is 0 Å². The molecule has 0 unspecified atom stereocenters. The summed E-state index contributed by atoms with van der Waals surface area (Å²) in [6.45, 7) is 3.75. The van der Waals surface area contributed by atoms with Crippen LogP contribution in [-0.4, -0.2) is 10.9 Å². The lowest BCUT2D eigenvalue weighted by Crippen LogP contribution is -2.15. The van der Waals surface area contributed by atoms with Crippen molar-refractivity contribution in [2.45, 2.75) is 20.3 Å². The highest BCUT2D eigenvalue weighted by Gasteiger charge is 2.09. The second-order valence-electron chi connectivity index (χ2n) is 6.83. The summed E-state index contributed by atoms with van der Waals surface area (Å²) in [6.07, 6.45) is 0.294. The second-order valence-corrected chi connectivity index (χ2v) is 6.83. The molecule has 2 N–H and O–H groups in total. The average Bonchev–Trinajstić information content (AvgIpc) is 2.66. The first-order valence-corrected chi connectivity index (χ1v) is 8.92. The van der Waals surface area contributed by atoms with Crippen molar-refractivity contribution in [3.63, 3.8) is 0 Å². The number of benzene rings is 3. The van der Waals surface area contributed by atoms with Gasteiger partial charge in [0.1, 0.15) is 0 Å². The molecular formula is C23H20N2O2. The molecule has 4 nitrogen and oxygen atoms in total. The van der Waals surface area contributed by atoms with Crippen LogP contribution in [0.2, 0.25) is 0 Å². The highest BCUT2D eigenvalue weighted by atomic mass is 16.1. The SMILES string of the molecule is Cc1c(C)c2ccc(NC(=O)Cc3cccc4ccccc34)cc2[nH]c1=O. The molecule has 4 rings (SSSR count). The minimum atomic E-state index is -0.0979. The minimum absolute atomic E-state index is 0.0862. The van der Waals surface area contributed by atoms with Gasteiger partial charge in [-0.1, -0.05) is 48.5 Å². The number of H-pyrrole nitrogens is 1. The van der Waals surface area contributed by atoms with Crippen LogP contribution in [0.25, 0.3) is 21.7 Å². The molecule has 1 amide bonds. The third kappa shape index (κ3) is 3.22. The molecule has 4 heteroatoms. The molecule has 0 fully saturated rings. The highest BCUT2D eigenvalue weighted by molar-refractivity contribution is 5.97. The molecule has 0 aliphatic rings. The van der Waals surface area contributed by atoms with E-state index in [0.29, 0.717) is 12.1 Å². The predicted molar refractivity (Wildman–Crippen MR) is 110 cm³/mol. The Bertz CT molecular complexity index is 1230. The second kappa shape index (κ2) is 6.72. The molecular weight excluding hydrogens is 336 g/mol. The fourth-order valence-corrected chi connectivity index (χ4v) is 3.47. The van der Waals surface area contributed by atoms with Crippen molar-refractivity contribution >= 4 is 33.3 Å². The number of carbonyl (C=O) groups is 1. The molecule has 0 saturated carbocycles. The van der Waals surface area contributed by atoms with Crippen LogP contribution >= 0.6 is 0 Å². The van der Waals surface area contributed by atoms with Crippen LogP contribution in [-0.2, 0) is 11.2 Å². The number of pyridine rings is 1. The topological polar surface area (TPSA) is 62.0 Å². The predicted octanol–water partition coefficient (Wildman–Crippen LogP) is 4.48. The van der Waals surface area contributed by atoms with E-state index in [1.165, 1.54) is 0 Å². The zero-order valence-corrected chi connectivity index (χ0v) is 15.3. The summed E-state index contributed by atoms with van der Waals surface area (Å²) in [6, 6.07) is 19.6. The van der Waals surface area contributed by atoms with Gasteiger partial charge < -0.3 is 10.3 Å². The van der Waals surface area contributed by atoms with Crippen molar-refractivity contribution in [2.75, 3.05) is 5.32 Å². The van der Waals surface area contributed by atoms with Gasteiger partial charge in [-0.2, -0.15) is 0 Å². The maximum atomic E-state index is 12.6. The van der Waals surface area contributed by atoms with Crippen LogP contribution in [0.15, 0.2) is 65.5 Å². The number of aromatic nitrogens is 1. The monoisotopic (exact) mass is 356 g/mol. The van der Waals surface area contributed by atoms with Crippen LogP contribution in [0.4, 0.5) is 5.69 Å². The Hall–Kier alpha value is -3.40. The van der Waals surface area contributed by atoms with Crippen molar-refractivity contribution in [1.82, 2.24) is 4.98 Å². The van der Waals surface area contributed by atoms with E-state index in [9.17, 15) is 9.59 Å². The third-order valence-corrected chi connectivity index (χ3v) is 5.09. The lowest BCUT2D eigenvalue weighted by atomic mass is 10.0. The van der Waals surface area contributed by atoms with Crippen molar-refractivity contribution in [1.29, 1.82) is 0 Å². The van der Waals surface area contributed by atoms with E-state index in [2.05, 4.69) is 10.3 Å². The minimum Gasteiger partial charge on any atom is -0.326 e. The summed E-state index contributed by atoms with van der Waals surface area (Å²) in [5.74, 6) is -0.0862. The van der Waals surface area contributed by atoms with E-state index in [1.807, 2.05) is 74.5 Å². The summed E-state index contributed by atoms with van der Waals surface area (Å²) >= 11 is 0. The van der Waals surface area contributed by atoms with E-state index >= 15 is 0 Å². The summed E-state index contributed by atoms with van der Waals surface area (Å²) in [4.78, 5) is 27.5. The molecule has 0 atom stereocenters. The zero-order chi connectivity index (χ0) is 19.0. The van der Waals surface area contributed by atoms with Crippen molar-refractivity contribution < 1.29 is 4.79 Å². The number of hydrogen-bond acceptors (Lipinski definition) is 2. The van der Waals surface area contributed by atoms with E-state index in [-0.39, 0.29) is 11.5 Å². The maximum absolute atomic E-state index is 12.6. The van der Waals surface area contributed by atoms with E-state index < -0.39 is 0 Å². The smallest absolute Gasteiger partial charge is 0.251 e. The zero-order valence-electron chi connectivity index (χ0n) is 15.3. The number of amides is 1. The summed E-state index contributed by atoms with van der Waals surface area (Å²) in [5, 5.41) is 6.13. The van der Waals surface area contributed by atoms with E-state index in [1.54, 1.807) is 0 Å². The molecule has 1 aromatic heterocycles. The number of aromatic amines is 1. The molecule has 4 aromatic rings. The first-order valence-electron chi connectivity index (χ1n) is 8.92. The average molecular weight is 356 g/mol. The summed E-state index contributed by atoms with van der Waals surface area (Å²) < 4.78 is 0. The first kappa shape index (κ1) is 17.0. The molecule has 134 valence electrons. The van der Waals surface area contributed by atoms with Gasteiger partial charge in [0.15, 0.2) is 0 Å². The van der Waals surface area contributed by atoms with Crippen molar-refractivity contribution in [2.24, 2.45) is 0 Å². The Morgan fingerprint density at radius 1 is 0.926 bits per heavy atom. The van der Waals surface area contributed by atoms with Crippen molar-refractivity contribution in [3.05, 3.63) is 87.7 Å². The molecule has 1 heterocycles. The maximum Gasteiger partial charge on any atom is 0.251 e. The van der Waals surface area contributed by atoms with Crippen LogP contribution in [0.5, 0.6) is 0 Å². The fourth-order valence-electron chi connectivity index (χ4n) is 3.47. The lowest BCUT2D eigenvalue weighted by Gasteiger charge is -2.10. The molecule has 0 bridgehead atoms. The number of carbonyl (C=O) groups excluding carboxylic acids is 1. The Labute approximate surface area is 156 Å². The van der Waals surface area contributed by atoms with Gasteiger partial charge in [-0.05, 0) is 47.9 Å². The molecule has 0 aliphatic carbocycles. The molecule has 0 spiro atoms. The largest absolute Gasteiger partial charge is 0.326 e. The summed E-state index contributed by atoms with van der Waals surface area (Å²) in [5.41, 5.74) is 3.97. The molecule has 0 aliphatic heterocycles. The Kier molecular flexibility index (Phi) is 4.24. The Balaban J connectivity index is 1.61. The normalized spacial score (nSPS) is 11.0. The van der Waals surface area contributed by atoms with Crippen LogP contribution in [0.1, 0.15) is 16.7 Å². The van der Waals surface area contributed by atoms with E-state index in [0.717, 1.165) is 38.4 Å². The highest BCUT2D eigenvalue weighted by Crippen LogP contribution is 2.22. The molecule has 3 aromatic carbocycles. The number of rotatable bonds is 3. The van der Waals surface area contributed by atoms with Gasteiger partial charge in [0, 0.05) is 16.6 Å². The Morgan fingerprint density at radius 3 is 2.56 bits per heavy atom. The van der Waals surface area contributed by atoms with Gasteiger partial charge in [-0.3, -0.25) is 9.59 Å². The molecule has 0 radical (unpaired) electrons. The third-order valence-electron chi connectivity index (χ3n) is 5.09. The summed E-state index contributed by atoms with van der Waals surface area (Å²) in [7, 11) is 0. The van der Waals surface area contributed by atoms with Gasteiger partial charge in [0.05, 0.1) is 11.9 Å².